The van der Waals surface area contributed by atoms with E-state index in [1.165, 1.54) is 12.3 Å². The molecule has 0 aromatic rings. The molecule has 0 fully saturated rings. The molecule has 0 atom stereocenters. The average Bonchev–Trinajstić information content (AvgIpc) is 1.21. The maximum atomic E-state index is 2.26. The summed E-state index contributed by atoms with van der Waals surface area (Å²) in [6.45, 7) is 11.2. The molecule has 0 N–H and O–H groups in total. The SMILES string of the molecule is C[C](C)CC(C)(C)C.[LiH]. The van der Waals surface area contributed by atoms with Crippen LogP contribution in [0.3, 0.4) is 0 Å². The first-order valence-corrected chi connectivity index (χ1v) is 3.21. The number of hydrogen-bond acceptors (Lipinski definition) is 0. The van der Waals surface area contributed by atoms with Crippen molar-refractivity contribution in [2.75, 3.05) is 0 Å². The van der Waals surface area contributed by atoms with Crippen molar-refractivity contribution in [2.24, 2.45) is 5.41 Å². The Balaban J connectivity index is 0. The first kappa shape index (κ1) is 12.3. The van der Waals surface area contributed by atoms with Crippen molar-refractivity contribution in [3.05, 3.63) is 5.92 Å². The topological polar surface area (TPSA) is 0 Å². The van der Waals surface area contributed by atoms with E-state index in [0.29, 0.717) is 5.41 Å². The van der Waals surface area contributed by atoms with Gasteiger partial charge in [0.05, 0.1) is 0 Å². The van der Waals surface area contributed by atoms with Crippen LogP contribution < -0.4 is 0 Å². The second kappa shape index (κ2) is 4.42. The average molecular weight is 121 g/mol. The first-order valence-electron chi connectivity index (χ1n) is 3.21. The van der Waals surface area contributed by atoms with Crippen molar-refractivity contribution in [1.29, 1.82) is 0 Å². The van der Waals surface area contributed by atoms with Crippen molar-refractivity contribution in [3.8, 4) is 0 Å². The molecule has 9 heavy (non-hydrogen) atoms. The monoisotopic (exact) mass is 121 g/mol. The third-order valence-electron chi connectivity index (χ3n) is 0.884. The Labute approximate surface area is 71.6 Å². The fraction of sp³-hybridized carbons (Fsp3) is 0.875. The molecule has 0 rings (SSSR count). The third kappa shape index (κ3) is 11.9. The Kier molecular flexibility index (Phi) is 6.03. The molecule has 0 saturated carbocycles. The molecule has 0 nitrogen and oxygen atoms in total. The molecule has 0 aliphatic heterocycles. The second-order valence-electron chi connectivity index (χ2n) is 3.94. The molecule has 0 bridgehead atoms. The van der Waals surface area contributed by atoms with Gasteiger partial charge in [-0.3, -0.25) is 0 Å². The Hall–Kier alpha value is 0.597. The molecule has 0 aliphatic carbocycles. The zero-order valence-electron chi connectivity index (χ0n) is 6.71. The van der Waals surface area contributed by atoms with Gasteiger partial charge >= 0.3 is 18.9 Å². The van der Waals surface area contributed by atoms with Crippen molar-refractivity contribution >= 4 is 18.9 Å². The van der Waals surface area contributed by atoms with Crippen LogP contribution in [0, 0.1) is 11.3 Å². The van der Waals surface area contributed by atoms with Crippen LogP contribution in [0.4, 0.5) is 0 Å². The van der Waals surface area contributed by atoms with E-state index in [-0.39, 0.29) is 18.9 Å². The van der Waals surface area contributed by atoms with Gasteiger partial charge in [-0.05, 0) is 17.8 Å². The molecule has 51 valence electrons. The quantitative estimate of drug-likeness (QED) is 0.467. The molecule has 1 heteroatoms. The molecule has 0 spiro atoms. The molecular weight excluding hydrogens is 103 g/mol. The predicted molar refractivity (Wildman–Crippen MR) is 45.8 cm³/mol. The normalized spacial score (nSPS) is 11.3. The second-order valence-corrected chi connectivity index (χ2v) is 3.94. The van der Waals surface area contributed by atoms with Gasteiger partial charge in [-0.1, -0.05) is 34.6 Å². The van der Waals surface area contributed by atoms with Gasteiger partial charge in [0.15, 0.2) is 0 Å². The summed E-state index contributed by atoms with van der Waals surface area (Å²) in [5, 5.41) is 0. The minimum absolute atomic E-state index is 0. The van der Waals surface area contributed by atoms with E-state index in [9.17, 15) is 0 Å². The van der Waals surface area contributed by atoms with E-state index in [1.54, 1.807) is 0 Å². The Morgan fingerprint density at radius 3 is 1.44 bits per heavy atom. The number of hydrogen-bond donors (Lipinski definition) is 0. The fourth-order valence-corrected chi connectivity index (χ4v) is 1.06. The third-order valence-corrected chi connectivity index (χ3v) is 0.884. The van der Waals surface area contributed by atoms with Gasteiger partial charge in [-0.15, -0.1) is 0 Å². The van der Waals surface area contributed by atoms with Crippen molar-refractivity contribution < 1.29 is 0 Å². The van der Waals surface area contributed by atoms with Crippen LogP contribution in [-0.2, 0) is 0 Å². The molecule has 0 saturated heterocycles. The van der Waals surface area contributed by atoms with Crippen LogP contribution >= 0.6 is 0 Å². The summed E-state index contributed by atoms with van der Waals surface area (Å²) in [7, 11) is 0. The molecule has 0 aromatic carbocycles. The van der Waals surface area contributed by atoms with E-state index in [2.05, 4.69) is 34.6 Å². The van der Waals surface area contributed by atoms with Crippen molar-refractivity contribution in [1.82, 2.24) is 0 Å². The van der Waals surface area contributed by atoms with Crippen LogP contribution in [0.2, 0.25) is 0 Å². The van der Waals surface area contributed by atoms with Crippen LogP contribution in [0.1, 0.15) is 41.0 Å². The van der Waals surface area contributed by atoms with Gasteiger partial charge in [-0.2, -0.15) is 0 Å². The maximum absolute atomic E-state index is 2.26. The molecule has 1 radical (unpaired) electrons. The summed E-state index contributed by atoms with van der Waals surface area (Å²) in [6, 6.07) is 0. The van der Waals surface area contributed by atoms with E-state index >= 15 is 0 Å². The predicted octanol–water partition coefficient (Wildman–Crippen LogP) is 2.39. The molecular formula is C8H18Li. The zero-order chi connectivity index (χ0) is 6.78. The first-order chi connectivity index (χ1) is 3.42. The van der Waals surface area contributed by atoms with Crippen molar-refractivity contribution in [2.45, 2.75) is 41.0 Å². The van der Waals surface area contributed by atoms with Gasteiger partial charge in [0.25, 0.3) is 0 Å². The summed E-state index contributed by atoms with van der Waals surface area (Å²) < 4.78 is 0. The van der Waals surface area contributed by atoms with E-state index < -0.39 is 0 Å². The minimum atomic E-state index is 0. The molecule has 0 aliphatic rings. The summed E-state index contributed by atoms with van der Waals surface area (Å²) in [5.74, 6) is 1.53. The van der Waals surface area contributed by atoms with Crippen LogP contribution in [0.25, 0.3) is 0 Å². The van der Waals surface area contributed by atoms with Gasteiger partial charge in [0.1, 0.15) is 0 Å². The summed E-state index contributed by atoms with van der Waals surface area (Å²) in [6.07, 6.45) is 1.24. The molecule has 0 aromatic heterocycles. The van der Waals surface area contributed by atoms with E-state index in [0.717, 1.165) is 0 Å². The molecule has 0 amide bonds. The van der Waals surface area contributed by atoms with Gasteiger partial charge in [-0.25, -0.2) is 0 Å². The van der Waals surface area contributed by atoms with Crippen LogP contribution in [0.15, 0.2) is 0 Å². The van der Waals surface area contributed by atoms with E-state index in [4.69, 9.17) is 0 Å². The fourth-order valence-electron chi connectivity index (χ4n) is 1.06. The van der Waals surface area contributed by atoms with Gasteiger partial charge < -0.3 is 0 Å². The standard InChI is InChI=1S/C8H17.Li.H/c1-7(2)6-8(3,4)5;;/h6H2,1-5H3;;. The summed E-state index contributed by atoms with van der Waals surface area (Å²) in [4.78, 5) is 0. The Morgan fingerprint density at radius 2 is 1.44 bits per heavy atom. The van der Waals surface area contributed by atoms with Gasteiger partial charge in [0, 0.05) is 0 Å². The van der Waals surface area contributed by atoms with Crippen molar-refractivity contribution in [3.63, 3.8) is 0 Å². The Morgan fingerprint density at radius 1 is 1.11 bits per heavy atom. The Bertz CT molecular complexity index is 59.5. The summed E-state index contributed by atoms with van der Waals surface area (Å²) in [5.41, 5.74) is 0.485. The van der Waals surface area contributed by atoms with Crippen LogP contribution in [0.5, 0.6) is 0 Å². The van der Waals surface area contributed by atoms with E-state index in [1.807, 2.05) is 0 Å². The summed E-state index contributed by atoms with van der Waals surface area (Å²) >= 11 is 0. The van der Waals surface area contributed by atoms with Crippen LogP contribution in [-0.4, -0.2) is 18.9 Å². The molecule has 0 heterocycles. The number of rotatable bonds is 1. The van der Waals surface area contributed by atoms with Gasteiger partial charge in [0.2, 0.25) is 0 Å². The molecule has 0 unspecified atom stereocenters. The zero-order valence-corrected chi connectivity index (χ0v) is 6.71.